The molecule has 1 aliphatic carbocycles. The molecule has 1 N–H and O–H groups in total. The number of carboxylic acid groups (broad SMARTS) is 1. The Labute approximate surface area is 105 Å². The van der Waals surface area contributed by atoms with E-state index < -0.39 is 11.4 Å². The Balaban J connectivity index is 2.44. The van der Waals surface area contributed by atoms with Gasteiger partial charge in [0.25, 0.3) is 0 Å². The summed E-state index contributed by atoms with van der Waals surface area (Å²) in [6.45, 7) is 4.33. The molecule has 1 aliphatic rings. The monoisotopic (exact) mass is 254 g/mol. The van der Waals surface area contributed by atoms with Crippen molar-refractivity contribution in [3.63, 3.8) is 0 Å². The van der Waals surface area contributed by atoms with Crippen molar-refractivity contribution < 1.29 is 14.6 Å². The van der Waals surface area contributed by atoms with Crippen LogP contribution in [0.25, 0.3) is 0 Å². The van der Waals surface area contributed by atoms with Gasteiger partial charge in [0.05, 0.1) is 17.0 Å². The highest BCUT2D eigenvalue weighted by molar-refractivity contribution is 6.32. The summed E-state index contributed by atoms with van der Waals surface area (Å²) in [4.78, 5) is 11.3. The van der Waals surface area contributed by atoms with E-state index in [0.717, 1.165) is 11.1 Å². The lowest BCUT2D eigenvalue weighted by atomic mass is 9.92. The van der Waals surface area contributed by atoms with Crippen molar-refractivity contribution in [2.45, 2.75) is 32.1 Å². The molecule has 0 atom stereocenters. The highest BCUT2D eigenvalue weighted by atomic mass is 35.5. The molecule has 0 amide bonds. The number of hydrogen-bond acceptors (Lipinski definition) is 2. The number of benzene rings is 1. The second-order valence-electron chi connectivity index (χ2n) is 4.42. The van der Waals surface area contributed by atoms with Gasteiger partial charge in [-0.15, -0.1) is 0 Å². The fourth-order valence-corrected chi connectivity index (χ4v) is 2.38. The first-order chi connectivity index (χ1) is 8.01. The first-order valence-electron chi connectivity index (χ1n) is 5.68. The molecule has 3 nitrogen and oxygen atoms in total. The lowest BCUT2D eigenvalue weighted by Gasteiger charge is -2.16. The smallest absolute Gasteiger partial charge is 0.314 e. The Hall–Kier alpha value is -1.22. The summed E-state index contributed by atoms with van der Waals surface area (Å²) in [7, 11) is 0. The van der Waals surface area contributed by atoms with E-state index in [1.54, 1.807) is 6.07 Å². The number of rotatable bonds is 4. The molecule has 0 radical (unpaired) electrons. The largest absolute Gasteiger partial charge is 0.492 e. The first-order valence-corrected chi connectivity index (χ1v) is 6.06. The fraction of sp³-hybridized carbons (Fsp3) is 0.462. The van der Waals surface area contributed by atoms with E-state index >= 15 is 0 Å². The Morgan fingerprint density at radius 3 is 2.65 bits per heavy atom. The van der Waals surface area contributed by atoms with E-state index in [-0.39, 0.29) is 0 Å². The van der Waals surface area contributed by atoms with E-state index in [4.69, 9.17) is 16.3 Å². The Bertz CT molecular complexity index is 464. The standard InChI is InChI=1S/C13H15ClO3/c1-3-17-11-6-8(2)9(7-10(11)14)13(4-5-13)12(15)16/h6-7H,3-5H2,1-2H3,(H,15,16). The topological polar surface area (TPSA) is 46.5 Å². The third kappa shape index (κ3) is 2.00. The maximum Gasteiger partial charge on any atom is 0.314 e. The van der Waals surface area contributed by atoms with Crippen LogP contribution in [0.2, 0.25) is 5.02 Å². The molecule has 0 aliphatic heterocycles. The van der Waals surface area contributed by atoms with Gasteiger partial charge in [-0.1, -0.05) is 11.6 Å². The van der Waals surface area contributed by atoms with Crippen LogP contribution in [0, 0.1) is 6.92 Å². The average molecular weight is 255 g/mol. The lowest BCUT2D eigenvalue weighted by Crippen LogP contribution is -2.20. The highest BCUT2D eigenvalue weighted by Crippen LogP contribution is 2.51. The number of carbonyl (C=O) groups is 1. The normalized spacial score (nSPS) is 16.6. The number of halogens is 1. The van der Waals surface area contributed by atoms with E-state index in [0.29, 0.717) is 30.2 Å². The fourth-order valence-electron chi connectivity index (χ4n) is 2.16. The number of aryl methyl sites for hydroxylation is 1. The molecule has 0 aromatic heterocycles. The highest BCUT2D eigenvalue weighted by Gasteiger charge is 2.52. The minimum absolute atomic E-state index is 0.486. The van der Waals surface area contributed by atoms with Crippen LogP contribution in [0.1, 0.15) is 30.9 Å². The van der Waals surface area contributed by atoms with Crippen molar-refractivity contribution in [1.29, 1.82) is 0 Å². The van der Waals surface area contributed by atoms with Crippen LogP contribution in [0.4, 0.5) is 0 Å². The van der Waals surface area contributed by atoms with Crippen LogP contribution in [0.3, 0.4) is 0 Å². The molecule has 2 rings (SSSR count). The summed E-state index contributed by atoms with van der Waals surface area (Å²) in [5.41, 5.74) is 1.04. The van der Waals surface area contributed by atoms with Crippen molar-refractivity contribution in [3.05, 3.63) is 28.3 Å². The molecule has 1 aromatic rings. The van der Waals surface area contributed by atoms with Gasteiger partial charge in [0.2, 0.25) is 0 Å². The van der Waals surface area contributed by atoms with Gasteiger partial charge in [0.1, 0.15) is 5.75 Å². The first kappa shape index (κ1) is 12.2. The van der Waals surface area contributed by atoms with Gasteiger partial charge in [0.15, 0.2) is 0 Å². The van der Waals surface area contributed by atoms with Gasteiger partial charge in [-0.05, 0) is 49.9 Å². The summed E-state index contributed by atoms with van der Waals surface area (Å²) in [5, 5.41) is 9.76. The Morgan fingerprint density at radius 2 is 2.18 bits per heavy atom. The van der Waals surface area contributed by atoms with Gasteiger partial charge in [0, 0.05) is 0 Å². The third-order valence-electron chi connectivity index (χ3n) is 3.25. The molecule has 1 saturated carbocycles. The second-order valence-corrected chi connectivity index (χ2v) is 4.83. The molecule has 92 valence electrons. The number of ether oxygens (including phenoxy) is 1. The molecule has 0 bridgehead atoms. The SMILES string of the molecule is CCOc1cc(C)c(C2(C(=O)O)CC2)cc1Cl. The zero-order chi connectivity index (χ0) is 12.6. The van der Waals surface area contributed by atoms with Gasteiger partial charge >= 0.3 is 5.97 Å². The Kier molecular flexibility index (Phi) is 3.04. The molecule has 1 fully saturated rings. The van der Waals surface area contributed by atoms with Gasteiger partial charge < -0.3 is 9.84 Å². The average Bonchev–Trinajstić information content (AvgIpc) is 3.04. The third-order valence-corrected chi connectivity index (χ3v) is 3.55. The second kappa shape index (κ2) is 4.22. The van der Waals surface area contributed by atoms with Crippen molar-refractivity contribution in [1.82, 2.24) is 0 Å². The van der Waals surface area contributed by atoms with Crippen LogP contribution in [0.5, 0.6) is 5.75 Å². The minimum atomic E-state index is -0.763. The van der Waals surface area contributed by atoms with Crippen molar-refractivity contribution in [2.75, 3.05) is 6.61 Å². The summed E-state index contributed by atoms with van der Waals surface area (Å²) in [6, 6.07) is 3.56. The molecule has 1 aromatic carbocycles. The molecular formula is C13H15ClO3. The molecule has 0 saturated heterocycles. The molecule has 4 heteroatoms. The zero-order valence-corrected chi connectivity index (χ0v) is 10.7. The molecule has 0 heterocycles. The summed E-state index contributed by atoms with van der Waals surface area (Å²) >= 11 is 6.10. The summed E-state index contributed by atoms with van der Waals surface area (Å²) < 4.78 is 5.39. The predicted molar refractivity (Wildman–Crippen MR) is 65.9 cm³/mol. The van der Waals surface area contributed by atoms with E-state index in [2.05, 4.69) is 0 Å². The molecule has 17 heavy (non-hydrogen) atoms. The van der Waals surface area contributed by atoms with Crippen molar-refractivity contribution >= 4 is 17.6 Å². The maximum atomic E-state index is 11.3. The Morgan fingerprint density at radius 1 is 1.53 bits per heavy atom. The van der Waals surface area contributed by atoms with E-state index in [1.165, 1.54) is 0 Å². The van der Waals surface area contributed by atoms with Crippen LogP contribution in [-0.2, 0) is 10.2 Å². The lowest BCUT2D eigenvalue weighted by molar-refractivity contribution is -0.140. The molecular weight excluding hydrogens is 240 g/mol. The number of hydrogen-bond donors (Lipinski definition) is 1. The molecule has 0 spiro atoms. The van der Waals surface area contributed by atoms with Crippen LogP contribution >= 0.6 is 11.6 Å². The van der Waals surface area contributed by atoms with Crippen LogP contribution < -0.4 is 4.74 Å². The maximum absolute atomic E-state index is 11.3. The van der Waals surface area contributed by atoms with Crippen LogP contribution in [0.15, 0.2) is 12.1 Å². The van der Waals surface area contributed by atoms with Crippen molar-refractivity contribution in [2.24, 2.45) is 0 Å². The zero-order valence-electron chi connectivity index (χ0n) is 9.92. The number of aliphatic carboxylic acids is 1. The summed E-state index contributed by atoms with van der Waals surface area (Å²) in [5.74, 6) is -0.141. The van der Waals surface area contributed by atoms with Gasteiger partial charge in [-0.2, -0.15) is 0 Å². The summed E-state index contributed by atoms with van der Waals surface area (Å²) in [6.07, 6.45) is 1.38. The predicted octanol–water partition coefficient (Wildman–Crippen LogP) is 3.16. The molecule has 0 unspecified atom stereocenters. The quantitative estimate of drug-likeness (QED) is 0.898. The van der Waals surface area contributed by atoms with Crippen molar-refractivity contribution in [3.8, 4) is 5.75 Å². The van der Waals surface area contributed by atoms with Gasteiger partial charge in [-0.3, -0.25) is 4.79 Å². The number of carboxylic acids is 1. The van der Waals surface area contributed by atoms with E-state index in [9.17, 15) is 9.90 Å². The van der Waals surface area contributed by atoms with Crippen LogP contribution in [-0.4, -0.2) is 17.7 Å². The van der Waals surface area contributed by atoms with Gasteiger partial charge in [-0.25, -0.2) is 0 Å². The minimum Gasteiger partial charge on any atom is -0.492 e. The van der Waals surface area contributed by atoms with E-state index in [1.807, 2.05) is 19.9 Å².